The fourth-order valence-corrected chi connectivity index (χ4v) is 3.61. The number of nitrogens with zero attached hydrogens (tertiary/aromatic N) is 2. The number of halogens is 1. The number of carbonyl (C=O) groups excluding carboxylic acids is 1. The molecule has 1 aliphatic heterocycles. The molecule has 0 unspecified atom stereocenters. The van der Waals surface area contributed by atoms with Gasteiger partial charge in [-0.05, 0) is 42.3 Å². The molecule has 5 heteroatoms. The molecule has 1 amide bonds. The second kappa shape index (κ2) is 7.89. The van der Waals surface area contributed by atoms with Crippen LogP contribution in [-0.2, 0) is 0 Å². The molecule has 2 aromatic carbocycles. The Balaban J connectivity index is 1.67. The van der Waals surface area contributed by atoms with E-state index < -0.39 is 0 Å². The number of anilines is 1. The van der Waals surface area contributed by atoms with Gasteiger partial charge in [0.15, 0.2) is 0 Å². The molecule has 3 rings (SSSR count). The third kappa shape index (κ3) is 3.97. The zero-order valence-corrected chi connectivity index (χ0v) is 15.1. The van der Waals surface area contributed by atoms with Crippen LogP contribution in [0.1, 0.15) is 28.3 Å². The fourth-order valence-electron chi connectivity index (χ4n) is 3.32. The molecule has 1 atom stereocenters. The molecule has 0 bridgehead atoms. The van der Waals surface area contributed by atoms with Crippen molar-refractivity contribution in [3.63, 3.8) is 0 Å². The van der Waals surface area contributed by atoms with Crippen LogP contribution in [0.3, 0.4) is 0 Å². The monoisotopic (exact) mass is 358 g/mol. The maximum absolute atomic E-state index is 12.8. The maximum Gasteiger partial charge on any atom is 0.253 e. The molecule has 1 saturated heterocycles. The lowest BCUT2D eigenvalue weighted by atomic mass is 9.98. The number of likely N-dealkylation sites (tertiary alicyclic amines) is 1. The van der Waals surface area contributed by atoms with E-state index >= 15 is 0 Å². The molecular weight excluding hydrogens is 336 g/mol. The molecule has 4 nitrogen and oxygen atoms in total. The van der Waals surface area contributed by atoms with Gasteiger partial charge < -0.3 is 14.9 Å². The predicted octanol–water partition coefficient (Wildman–Crippen LogP) is 3.40. The van der Waals surface area contributed by atoms with E-state index in [-0.39, 0.29) is 12.5 Å². The Hall–Kier alpha value is -2.04. The van der Waals surface area contributed by atoms with Crippen molar-refractivity contribution in [2.75, 3.05) is 38.2 Å². The molecule has 1 fully saturated rings. The van der Waals surface area contributed by atoms with Crippen LogP contribution in [0.2, 0.25) is 5.02 Å². The maximum atomic E-state index is 12.8. The van der Waals surface area contributed by atoms with E-state index in [1.54, 1.807) is 0 Å². The van der Waals surface area contributed by atoms with Gasteiger partial charge in [-0.2, -0.15) is 0 Å². The fraction of sp³-hybridized carbons (Fsp3) is 0.350. The van der Waals surface area contributed by atoms with Gasteiger partial charge in [0.25, 0.3) is 5.91 Å². The lowest BCUT2D eigenvalue weighted by Crippen LogP contribution is -2.28. The topological polar surface area (TPSA) is 43.8 Å². The highest BCUT2D eigenvalue weighted by atomic mass is 35.5. The molecule has 1 heterocycles. The molecular formula is C20H23ClN2O2. The predicted molar refractivity (Wildman–Crippen MR) is 102 cm³/mol. The van der Waals surface area contributed by atoms with Crippen molar-refractivity contribution >= 4 is 23.2 Å². The number of rotatable bonds is 5. The second-order valence-electron chi connectivity index (χ2n) is 6.45. The second-order valence-corrected chi connectivity index (χ2v) is 6.86. The Labute approximate surface area is 153 Å². The van der Waals surface area contributed by atoms with Crippen LogP contribution in [0.4, 0.5) is 5.69 Å². The normalized spacial score (nSPS) is 16.9. The van der Waals surface area contributed by atoms with Crippen molar-refractivity contribution in [3.05, 3.63) is 64.7 Å². The van der Waals surface area contributed by atoms with Crippen LogP contribution < -0.4 is 4.90 Å². The molecule has 0 saturated carbocycles. The minimum atomic E-state index is 0.0610. The summed E-state index contributed by atoms with van der Waals surface area (Å²) in [7, 11) is 1.92. The summed E-state index contributed by atoms with van der Waals surface area (Å²) in [6.07, 6.45) is 0.937. The molecule has 1 N–H and O–H groups in total. The number of benzene rings is 2. The van der Waals surface area contributed by atoms with Gasteiger partial charge >= 0.3 is 0 Å². The van der Waals surface area contributed by atoms with Crippen molar-refractivity contribution in [2.45, 2.75) is 12.3 Å². The largest absolute Gasteiger partial charge is 0.395 e. The Morgan fingerprint density at radius 3 is 2.64 bits per heavy atom. The zero-order chi connectivity index (χ0) is 17.8. The van der Waals surface area contributed by atoms with E-state index in [0.717, 1.165) is 29.2 Å². The molecule has 1 aliphatic rings. The van der Waals surface area contributed by atoms with Gasteiger partial charge in [0.05, 0.1) is 6.61 Å². The van der Waals surface area contributed by atoms with E-state index in [1.165, 1.54) is 0 Å². The third-order valence-electron chi connectivity index (χ3n) is 4.81. The van der Waals surface area contributed by atoms with Crippen LogP contribution >= 0.6 is 11.6 Å². The van der Waals surface area contributed by atoms with E-state index in [4.69, 9.17) is 16.7 Å². The first-order valence-corrected chi connectivity index (χ1v) is 8.93. The van der Waals surface area contributed by atoms with Crippen LogP contribution in [-0.4, -0.2) is 49.2 Å². The summed E-state index contributed by atoms with van der Waals surface area (Å²) in [5.41, 5.74) is 2.81. The highest BCUT2D eigenvalue weighted by Crippen LogP contribution is 2.32. The number of carbonyl (C=O) groups is 1. The molecule has 0 aromatic heterocycles. The highest BCUT2D eigenvalue weighted by molar-refractivity contribution is 6.31. The van der Waals surface area contributed by atoms with Gasteiger partial charge in [-0.25, -0.2) is 0 Å². The number of hydrogen-bond donors (Lipinski definition) is 1. The Morgan fingerprint density at radius 2 is 1.96 bits per heavy atom. The molecule has 0 radical (unpaired) electrons. The van der Waals surface area contributed by atoms with Crippen LogP contribution in [0, 0.1) is 0 Å². The molecule has 25 heavy (non-hydrogen) atoms. The van der Waals surface area contributed by atoms with Gasteiger partial charge in [-0.15, -0.1) is 0 Å². The minimum absolute atomic E-state index is 0.0610. The summed E-state index contributed by atoms with van der Waals surface area (Å²) in [6.45, 7) is 2.13. The average molecular weight is 359 g/mol. The van der Waals surface area contributed by atoms with Crippen molar-refractivity contribution in [3.8, 4) is 0 Å². The van der Waals surface area contributed by atoms with Crippen LogP contribution in [0.5, 0.6) is 0 Å². The smallest absolute Gasteiger partial charge is 0.253 e. The first kappa shape index (κ1) is 17.8. The van der Waals surface area contributed by atoms with E-state index in [2.05, 4.69) is 0 Å². The lowest BCUT2D eigenvalue weighted by molar-refractivity contribution is 0.0791. The zero-order valence-electron chi connectivity index (χ0n) is 14.4. The quantitative estimate of drug-likeness (QED) is 0.890. The van der Waals surface area contributed by atoms with Crippen molar-refractivity contribution in [1.82, 2.24) is 4.90 Å². The number of aliphatic hydroxyl groups is 1. The summed E-state index contributed by atoms with van der Waals surface area (Å²) < 4.78 is 0. The highest BCUT2D eigenvalue weighted by Gasteiger charge is 2.28. The van der Waals surface area contributed by atoms with E-state index in [9.17, 15) is 4.79 Å². The van der Waals surface area contributed by atoms with Crippen molar-refractivity contribution in [1.29, 1.82) is 0 Å². The summed E-state index contributed by atoms with van der Waals surface area (Å²) in [6, 6.07) is 15.4. The van der Waals surface area contributed by atoms with Crippen LogP contribution in [0.15, 0.2) is 48.5 Å². The molecule has 0 spiro atoms. The SMILES string of the molecule is CN(CCO)c1ccc(C(=O)N2CC[C@H](c3ccccc3Cl)C2)cc1. The first-order valence-electron chi connectivity index (χ1n) is 8.56. The lowest BCUT2D eigenvalue weighted by Gasteiger charge is -2.20. The number of aliphatic hydroxyl groups excluding tert-OH is 1. The van der Waals surface area contributed by atoms with Gasteiger partial charge in [-0.1, -0.05) is 29.8 Å². The van der Waals surface area contributed by atoms with Gasteiger partial charge in [0.1, 0.15) is 0 Å². The van der Waals surface area contributed by atoms with Crippen molar-refractivity contribution in [2.24, 2.45) is 0 Å². The van der Waals surface area contributed by atoms with Gasteiger partial charge in [-0.3, -0.25) is 4.79 Å². The number of hydrogen-bond acceptors (Lipinski definition) is 3. The van der Waals surface area contributed by atoms with Crippen LogP contribution in [0.25, 0.3) is 0 Å². The average Bonchev–Trinajstić information content (AvgIpc) is 3.11. The number of amides is 1. The summed E-state index contributed by atoms with van der Waals surface area (Å²) in [5.74, 6) is 0.360. The van der Waals surface area contributed by atoms with E-state index in [1.807, 2.05) is 65.4 Å². The Kier molecular flexibility index (Phi) is 5.61. The third-order valence-corrected chi connectivity index (χ3v) is 5.16. The Bertz CT molecular complexity index is 733. The molecule has 132 valence electrons. The van der Waals surface area contributed by atoms with E-state index in [0.29, 0.717) is 24.6 Å². The minimum Gasteiger partial charge on any atom is -0.395 e. The standard InChI is InChI=1S/C20H23ClN2O2/c1-22(12-13-24)17-8-6-15(7-9-17)20(25)23-11-10-16(14-23)18-4-2-3-5-19(18)21/h2-9,16,24H,10-14H2,1H3/t16-/m0/s1. The number of likely N-dealkylation sites (N-methyl/N-ethyl adjacent to an activating group) is 1. The molecule has 2 aromatic rings. The first-order chi connectivity index (χ1) is 12.1. The summed E-state index contributed by atoms with van der Waals surface area (Å²) in [4.78, 5) is 16.6. The van der Waals surface area contributed by atoms with Crippen molar-refractivity contribution < 1.29 is 9.90 Å². The molecule has 0 aliphatic carbocycles. The summed E-state index contributed by atoms with van der Waals surface area (Å²) >= 11 is 6.30. The summed E-state index contributed by atoms with van der Waals surface area (Å²) in [5, 5.41) is 9.79. The van der Waals surface area contributed by atoms with Gasteiger partial charge in [0.2, 0.25) is 0 Å². The van der Waals surface area contributed by atoms with Gasteiger partial charge in [0, 0.05) is 48.9 Å². The Morgan fingerprint density at radius 1 is 1.24 bits per heavy atom.